The molecule has 2 atom stereocenters. The summed E-state index contributed by atoms with van der Waals surface area (Å²) in [5.74, 6) is 0.378. The van der Waals surface area contributed by atoms with Crippen LogP contribution in [0.2, 0.25) is 0 Å². The average Bonchev–Trinajstić information content (AvgIpc) is 3.20. The van der Waals surface area contributed by atoms with E-state index in [0.29, 0.717) is 5.92 Å². The summed E-state index contributed by atoms with van der Waals surface area (Å²) in [4.78, 5) is 2.55. The third-order valence-electron chi connectivity index (χ3n) is 11.7. The van der Waals surface area contributed by atoms with Gasteiger partial charge in [-0.2, -0.15) is 0 Å². The van der Waals surface area contributed by atoms with E-state index in [0.717, 1.165) is 0 Å². The van der Waals surface area contributed by atoms with E-state index >= 15 is 0 Å². The van der Waals surface area contributed by atoms with Gasteiger partial charge in [0.15, 0.2) is 0 Å². The van der Waals surface area contributed by atoms with Crippen LogP contribution in [0, 0.1) is 5.92 Å². The van der Waals surface area contributed by atoms with Crippen molar-refractivity contribution in [2.45, 2.75) is 25.3 Å². The Kier molecular flexibility index (Phi) is 7.05. The second kappa shape index (κ2) is 12.0. The van der Waals surface area contributed by atoms with Crippen molar-refractivity contribution in [3.05, 3.63) is 194 Å². The quantitative estimate of drug-likeness (QED) is 0.169. The van der Waals surface area contributed by atoms with Crippen LogP contribution in [0.5, 0.6) is 0 Å². The second-order valence-corrected chi connectivity index (χ2v) is 14.9. The molecular weight excluding hydrogens is 627 g/mol. The zero-order chi connectivity index (χ0) is 34.8. The first kappa shape index (κ1) is 30.6. The molecule has 1 aliphatic heterocycles. The Balaban J connectivity index is 1.18. The highest BCUT2D eigenvalue weighted by atomic mass is 15.2. The number of nitrogens with zero attached hydrogens (tertiary/aromatic N) is 1. The standard InChI is InChI=1S/C51H39N/c1-51(2)45-24-12-14-26-47(45)52(48-27-15-13-25-46(48)51)38-30-28-35(29-31-38)49-39-20-8-10-22-41(39)50(42-23-11-9-21-40(42)49)44-33-37-19-7-6-18-36(37)32-43(44)34-16-4-3-5-17-34/h3-33,45,47H,1-2H3. The van der Waals surface area contributed by atoms with Crippen LogP contribution in [-0.2, 0) is 5.41 Å². The van der Waals surface area contributed by atoms with Gasteiger partial charge in [0, 0.05) is 22.7 Å². The van der Waals surface area contributed by atoms with E-state index in [9.17, 15) is 0 Å². The van der Waals surface area contributed by atoms with Crippen molar-refractivity contribution < 1.29 is 0 Å². The Morgan fingerprint density at radius 1 is 0.462 bits per heavy atom. The maximum atomic E-state index is 2.55. The molecule has 2 unspecified atom stereocenters. The highest BCUT2D eigenvalue weighted by Crippen LogP contribution is 2.51. The van der Waals surface area contributed by atoms with Crippen molar-refractivity contribution >= 4 is 43.7 Å². The molecule has 1 heterocycles. The predicted octanol–water partition coefficient (Wildman–Crippen LogP) is 13.7. The lowest BCUT2D eigenvalue weighted by Crippen LogP contribution is -2.49. The molecule has 0 saturated heterocycles. The van der Waals surface area contributed by atoms with Gasteiger partial charge < -0.3 is 4.90 Å². The van der Waals surface area contributed by atoms with Crippen LogP contribution in [0.1, 0.15) is 19.4 Å². The molecule has 0 spiro atoms. The normalized spacial score (nSPS) is 17.4. The molecule has 0 saturated carbocycles. The van der Waals surface area contributed by atoms with E-state index in [4.69, 9.17) is 0 Å². The maximum absolute atomic E-state index is 2.55. The van der Waals surface area contributed by atoms with Crippen LogP contribution in [0.25, 0.3) is 65.7 Å². The third-order valence-corrected chi connectivity index (χ3v) is 11.7. The molecule has 1 heteroatoms. The minimum Gasteiger partial charge on any atom is -0.334 e. The first-order valence-electron chi connectivity index (χ1n) is 18.4. The molecule has 0 N–H and O–H groups in total. The molecular formula is C51H39N. The smallest absolute Gasteiger partial charge is 0.0596 e. The van der Waals surface area contributed by atoms with Gasteiger partial charge in [0.1, 0.15) is 0 Å². The topological polar surface area (TPSA) is 3.24 Å². The average molecular weight is 666 g/mol. The molecule has 0 aromatic heterocycles. The minimum absolute atomic E-state index is 0.0317. The SMILES string of the molecule is CC1(C)c2ccccc2N(c2ccc(-c3c4ccccc4c(-c4cc5ccccc5cc4-c4ccccc4)c4ccccc34)cc2)C2C=CC=CC21. The molecule has 8 aromatic carbocycles. The monoisotopic (exact) mass is 665 g/mol. The van der Waals surface area contributed by atoms with Crippen molar-refractivity contribution in [3.8, 4) is 33.4 Å². The summed E-state index contributed by atoms with van der Waals surface area (Å²) >= 11 is 0. The first-order chi connectivity index (χ1) is 25.6. The number of para-hydroxylation sites is 1. The van der Waals surface area contributed by atoms with Crippen molar-refractivity contribution in [3.63, 3.8) is 0 Å². The molecule has 0 fully saturated rings. The number of allylic oxidation sites excluding steroid dienone is 2. The highest BCUT2D eigenvalue weighted by Gasteiger charge is 2.44. The lowest BCUT2D eigenvalue weighted by atomic mass is 9.65. The molecule has 10 rings (SSSR count). The number of hydrogen-bond acceptors (Lipinski definition) is 1. The molecule has 0 bridgehead atoms. The van der Waals surface area contributed by atoms with Crippen LogP contribution < -0.4 is 4.90 Å². The van der Waals surface area contributed by atoms with Gasteiger partial charge in [-0.25, -0.2) is 0 Å². The van der Waals surface area contributed by atoms with E-state index in [-0.39, 0.29) is 11.5 Å². The van der Waals surface area contributed by atoms with Gasteiger partial charge >= 0.3 is 0 Å². The lowest BCUT2D eigenvalue weighted by Gasteiger charge is -2.50. The molecule has 8 aromatic rings. The van der Waals surface area contributed by atoms with E-state index < -0.39 is 0 Å². The van der Waals surface area contributed by atoms with E-state index in [1.54, 1.807) is 0 Å². The molecule has 52 heavy (non-hydrogen) atoms. The second-order valence-electron chi connectivity index (χ2n) is 14.9. The molecule has 0 radical (unpaired) electrons. The zero-order valence-electron chi connectivity index (χ0n) is 29.5. The fourth-order valence-electron chi connectivity index (χ4n) is 9.21. The largest absolute Gasteiger partial charge is 0.334 e. The Hall–Kier alpha value is -6.18. The van der Waals surface area contributed by atoms with Crippen molar-refractivity contribution in [1.82, 2.24) is 0 Å². The Morgan fingerprint density at radius 2 is 1.00 bits per heavy atom. The van der Waals surface area contributed by atoms with Gasteiger partial charge in [0.2, 0.25) is 0 Å². The summed E-state index contributed by atoms with van der Waals surface area (Å²) in [6.45, 7) is 4.79. The van der Waals surface area contributed by atoms with E-state index in [1.807, 2.05) is 0 Å². The molecule has 1 nitrogen and oxygen atoms in total. The van der Waals surface area contributed by atoms with Gasteiger partial charge in [0.25, 0.3) is 0 Å². The Morgan fingerprint density at radius 3 is 1.67 bits per heavy atom. The van der Waals surface area contributed by atoms with Crippen LogP contribution >= 0.6 is 0 Å². The minimum atomic E-state index is 0.0317. The van der Waals surface area contributed by atoms with Crippen LogP contribution in [0.4, 0.5) is 11.4 Å². The summed E-state index contributed by atoms with van der Waals surface area (Å²) in [5, 5.41) is 7.56. The first-order valence-corrected chi connectivity index (χ1v) is 18.4. The summed E-state index contributed by atoms with van der Waals surface area (Å²) in [6.07, 6.45) is 9.22. The van der Waals surface area contributed by atoms with Gasteiger partial charge in [-0.3, -0.25) is 0 Å². The molecule has 2 aliphatic rings. The third kappa shape index (κ3) is 4.69. The highest BCUT2D eigenvalue weighted by molar-refractivity contribution is 6.23. The van der Waals surface area contributed by atoms with Crippen molar-refractivity contribution in [1.29, 1.82) is 0 Å². The maximum Gasteiger partial charge on any atom is 0.0596 e. The van der Waals surface area contributed by atoms with Crippen LogP contribution in [-0.4, -0.2) is 6.04 Å². The summed E-state index contributed by atoms with van der Waals surface area (Å²) in [5.41, 5.74) is 11.5. The summed E-state index contributed by atoms with van der Waals surface area (Å²) < 4.78 is 0. The molecule has 248 valence electrons. The lowest BCUT2D eigenvalue weighted by molar-refractivity contribution is 0.332. The van der Waals surface area contributed by atoms with Crippen molar-refractivity contribution in [2.75, 3.05) is 4.90 Å². The summed E-state index contributed by atoms with van der Waals surface area (Å²) in [6, 6.07) is 60.9. The number of hydrogen-bond donors (Lipinski definition) is 0. The fraction of sp³-hybridized carbons (Fsp3) is 0.0980. The molecule has 0 amide bonds. The predicted molar refractivity (Wildman–Crippen MR) is 222 cm³/mol. The molecule has 1 aliphatic carbocycles. The van der Waals surface area contributed by atoms with Gasteiger partial charge in [-0.15, -0.1) is 0 Å². The van der Waals surface area contributed by atoms with Gasteiger partial charge in [0.05, 0.1) is 6.04 Å². The number of benzene rings is 8. The number of fused-ring (bicyclic) bond motifs is 5. The van der Waals surface area contributed by atoms with Crippen molar-refractivity contribution in [2.24, 2.45) is 5.92 Å². The number of rotatable bonds is 4. The fourth-order valence-corrected chi connectivity index (χ4v) is 9.21. The summed E-state index contributed by atoms with van der Waals surface area (Å²) in [7, 11) is 0. The Bertz CT molecular complexity index is 2660. The van der Waals surface area contributed by atoms with E-state index in [2.05, 4.69) is 207 Å². The zero-order valence-corrected chi connectivity index (χ0v) is 29.5. The van der Waals surface area contributed by atoms with Gasteiger partial charge in [-0.1, -0.05) is 172 Å². The van der Waals surface area contributed by atoms with Crippen LogP contribution in [0.15, 0.2) is 188 Å². The van der Waals surface area contributed by atoms with Gasteiger partial charge in [-0.05, 0) is 102 Å². The number of anilines is 2. The Labute approximate surface area is 305 Å². The van der Waals surface area contributed by atoms with E-state index in [1.165, 1.54) is 82.6 Å². The van der Waals surface area contributed by atoms with Crippen LogP contribution in [0.3, 0.4) is 0 Å².